The Morgan fingerprint density at radius 1 is 1.26 bits per heavy atom. The van der Waals surface area contributed by atoms with Crippen LogP contribution in [0.4, 0.5) is 0 Å². The Morgan fingerprint density at radius 3 is 2.74 bits per heavy atom. The van der Waals surface area contributed by atoms with Gasteiger partial charge in [0.05, 0.1) is 6.42 Å². The van der Waals surface area contributed by atoms with Crippen LogP contribution in [-0.4, -0.2) is 22.8 Å². The number of amides is 1. The standard InChI is InChI=1S/C15H15ClN2O/c1-18(11-13-5-3-7-17-10-13)15(19)9-12-4-2-6-14(16)8-12/h2-8,10H,9,11H2,1H3. The highest BCUT2D eigenvalue weighted by Crippen LogP contribution is 2.12. The van der Waals surface area contributed by atoms with Crippen LogP contribution in [0.15, 0.2) is 48.8 Å². The normalized spacial score (nSPS) is 10.2. The molecular formula is C15H15ClN2O. The molecule has 0 N–H and O–H groups in total. The maximum Gasteiger partial charge on any atom is 0.227 e. The first-order valence-electron chi connectivity index (χ1n) is 6.02. The van der Waals surface area contributed by atoms with Crippen molar-refractivity contribution in [2.75, 3.05) is 7.05 Å². The minimum atomic E-state index is 0.0612. The molecule has 0 fully saturated rings. The number of hydrogen-bond donors (Lipinski definition) is 0. The van der Waals surface area contributed by atoms with Gasteiger partial charge in [-0.3, -0.25) is 9.78 Å². The van der Waals surface area contributed by atoms with Crippen LogP contribution >= 0.6 is 11.6 Å². The summed E-state index contributed by atoms with van der Waals surface area (Å²) in [6.45, 7) is 0.563. The van der Waals surface area contributed by atoms with Crippen LogP contribution in [0.25, 0.3) is 0 Å². The summed E-state index contributed by atoms with van der Waals surface area (Å²) < 4.78 is 0. The second kappa shape index (κ2) is 6.34. The molecular weight excluding hydrogens is 260 g/mol. The van der Waals surface area contributed by atoms with Gasteiger partial charge in [0.15, 0.2) is 0 Å². The molecule has 1 aromatic heterocycles. The Labute approximate surface area is 117 Å². The zero-order valence-electron chi connectivity index (χ0n) is 10.7. The fourth-order valence-electron chi connectivity index (χ4n) is 1.81. The average Bonchev–Trinajstić information content (AvgIpc) is 2.40. The summed E-state index contributed by atoms with van der Waals surface area (Å²) in [5.41, 5.74) is 1.94. The van der Waals surface area contributed by atoms with Gasteiger partial charge in [-0.15, -0.1) is 0 Å². The molecule has 0 radical (unpaired) electrons. The lowest BCUT2D eigenvalue weighted by Crippen LogP contribution is -2.27. The third-order valence-electron chi connectivity index (χ3n) is 2.81. The summed E-state index contributed by atoms with van der Waals surface area (Å²) in [6.07, 6.45) is 3.85. The molecule has 2 aromatic rings. The molecule has 0 saturated carbocycles. The number of pyridine rings is 1. The second-order valence-corrected chi connectivity index (χ2v) is 4.85. The number of benzene rings is 1. The summed E-state index contributed by atoms with van der Waals surface area (Å²) in [5, 5.41) is 0.653. The molecule has 1 amide bonds. The number of likely N-dealkylation sites (N-methyl/N-ethyl adjacent to an activating group) is 1. The lowest BCUT2D eigenvalue weighted by molar-refractivity contribution is -0.129. The largest absolute Gasteiger partial charge is 0.341 e. The van der Waals surface area contributed by atoms with E-state index in [-0.39, 0.29) is 5.91 Å². The van der Waals surface area contributed by atoms with E-state index in [4.69, 9.17) is 11.6 Å². The van der Waals surface area contributed by atoms with Crippen molar-refractivity contribution in [2.24, 2.45) is 0 Å². The second-order valence-electron chi connectivity index (χ2n) is 4.42. The van der Waals surface area contributed by atoms with Gasteiger partial charge in [0, 0.05) is 31.0 Å². The van der Waals surface area contributed by atoms with Crippen LogP contribution in [0.3, 0.4) is 0 Å². The summed E-state index contributed by atoms with van der Waals surface area (Å²) in [5.74, 6) is 0.0612. The predicted octanol–water partition coefficient (Wildman–Crippen LogP) is 2.94. The topological polar surface area (TPSA) is 33.2 Å². The minimum absolute atomic E-state index is 0.0612. The maximum atomic E-state index is 12.1. The number of carbonyl (C=O) groups excluding carboxylic acids is 1. The highest BCUT2D eigenvalue weighted by molar-refractivity contribution is 6.30. The van der Waals surface area contributed by atoms with Gasteiger partial charge in [0.2, 0.25) is 5.91 Å². The van der Waals surface area contributed by atoms with Crippen LogP contribution < -0.4 is 0 Å². The van der Waals surface area contributed by atoms with Crippen molar-refractivity contribution < 1.29 is 4.79 Å². The Balaban J connectivity index is 1.96. The number of halogens is 1. The van der Waals surface area contributed by atoms with Crippen LogP contribution in [0.5, 0.6) is 0 Å². The third-order valence-corrected chi connectivity index (χ3v) is 3.05. The van der Waals surface area contributed by atoms with Crippen LogP contribution in [-0.2, 0) is 17.8 Å². The molecule has 2 rings (SSSR count). The van der Waals surface area contributed by atoms with Crippen molar-refractivity contribution in [3.05, 3.63) is 64.9 Å². The Bertz CT molecular complexity index is 557. The molecule has 0 aliphatic heterocycles. The Morgan fingerprint density at radius 2 is 2.05 bits per heavy atom. The van der Waals surface area contributed by atoms with E-state index in [0.29, 0.717) is 18.0 Å². The van der Waals surface area contributed by atoms with E-state index >= 15 is 0 Å². The summed E-state index contributed by atoms with van der Waals surface area (Å²) in [7, 11) is 1.79. The quantitative estimate of drug-likeness (QED) is 0.859. The van der Waals surface area contributed by atoms with E-state index in [1.165, 1.54) is 0 Å². The molecule has 0 bridgehead atoms. The number of hydrogen-bond acceptors (Lipinski definition) is 2. The zero-order chi connectivity index (χ0) is 13.7. The van der Waals surface area contributed by atoms with Crippen LogP contribution in [0.2, 0.25) is 5.02 Å². The van der Waals surface area contributed by atoms with Crippen molar-refractivity contribution >= 4 is 17.5 Å². The summed E-state index contributed by atoms with van der Waals surface area (Å²) in [6, 6.07) is 11.2. The molecule has 1 aromatic carbocycles. The van der Waals surface area contributed by atoms with Crippen molar-refractivity contribution in [1.82, 2.24) is 9.88 Å². The summed E-state index contributed by atoms with van der Waals surface area (Å²) in [4.78, 5) is 17.8. The molecule has 4 heteroatoms. The Hall–Kier alpha value is -1.87. The van der Waals surface area contributed by atoms with Crippen molar-refractivity contribution in [3.8, 4) is 0 Å². The fourth-order valence-corrected chi connectivity index (χ4v) is 2.02. The van der Waals surface area contributed by atoms with E-state index in [2.05, 4.69) is 4.98 Å². The highest BCUT2D eigenvalue weighted by atomic mass is 35.5. The van der Waals surface area contributed by atoms with Gasteiger partial charge in [0.1, 0.15) is 0 Å². The molecule has 0 saturated heterocycles. The summed E-state index contributed by atoms with van der Waals surface area (Å²) >= 11 is 5.90. The zero-order valence-corrected chi connectivity index (χ0v) is 11.5. The van der Waals surface area contributed by atoms with Gasteiger partial charge in [-0.05, 0) is 29.3 Å². The molecule has 0 atom stereocenters. The van der Waals surface area contributed by atoms with Gasteiger partial charge >= 0.3 is 0 Å². The molecule has 19 heavy (non-hydrogen) atoms. The molecule has 0 unspecified atom stereocenters. The van der Waals surface area contributed by atoms with Crippen LogP contribution in [0, 0.1) is 0 Å². The lowest BCUT2D eigenvalue weighted by Gasteiger charge is -2.17. The smallest absolute Gasteiger partial charge is 0.227 e. The van der Waals surface area contributed by atoms with Crippen molar-refractivity contribution in [2.45, 2.75) is 13.0 Å². The molecule has 0 spiro atoms. The third kappa shape index (κ3) is 4.07. The number of rotatable bonds is 4. The van der Waals surface area contributed by atoms with Crippen LogP contribution in [0.1, 0.15) is 11.1 Å². The van der Waals surface area contributed by atoms with E-state index in [9.17, 15) is 4.79 Å². The fraction of sp³-hybridized carbons (Fsp3) is 0.200. The monoisotopic (exact) mass is 274 g/mol. The minimum Gasteiger partial charge on any atom is -0.341 e. The van der Waals surface area contributed by atoms with Gasteiger partial charge < -0.3 is 4.90 Å². The first-order chi connectivity index (χ1) is 9.15. The van der Waals surface area contributed by atoms with Gasteiger partial charge in [0.25, 0.3) is 0 Å². The molecule has 3 nitrogen and oxygen atoms in total. The van der Waals surface area contributed by atoms with Gasteiger partial charge in [-0.1, -0.05) is 29.8 Å². The van der Waals surface area contributed by atoms with E-state index < -0.39 is 0 Å². The molecule has 98 valence electrons. The predicted molar refractivity (Wildman–Crippen MR) is 75.9 cm³/mol. The van der Waals surface area contributed by atoms with Gasteiger partial charge in [-0.25, -0.2) is 0 Å². The van der Waals surface area contributed by atoms with E-state index in [1.54, 1.807) is 30.4 Å². The Kier molecular flexibility index (Phi) is 4.53. The van der Waals surface area contributed by atoms with E-state index in [1.807, 2.05) is 30.3 Å². The molecule has 1 heterocycles. The molecule has 0 aliphatic carbocycles. The highest BCUT2D eigenvalue weighted by Gasteiger charge is 2.10. The first-order valence-corrected chi connectivity index (χ1v) is 6.40. The van der Waals surface area contributed by atoms with Gasteiger partial charge in [-0.2, -0.15) is 0 Å². The van der Waals surface area contributed by atoms with Crippen molar-refractivity contribution in [3.63, 3.8) is 0 Å². The average molecular weight is 275 g/mol. The maximum absolute atomic E-state index is 12.1. The number of carbonyl (C=O) groups is 1. The molecule has 0 aliphatic rings. The van der Waals surface area contributed by atoms with Crippen molar-refractivity contribution in [1.29, 1.82) is 0 Å². The number of aromatic nitrogens is 1. The first kappa shape index (κ1) is 13.6. The number of nitrogens with zero attached hydrogens (tertiary/aromatic N) is 2. The van der Waals surface area contributed by atoms with E-state index in [0.717, 1.165) is 11.1 Å². The SMILES string of the molecule is CN(Cc1cccnc1)C(=O)Cc1cccc(Cl)c1. The lowest BCUT2D eigenvalue weighted by atomic mass is 10.1.